The summed E-state index contributed by atoms with van der Waals surface area (Å²) < 4.78 is 0. The smallest absolute Gasteiger partial charge is 0.181 e. The van der Waals surface area contributed by atoms with E-state index >= 15 is 0 Å². The Balaban J connectivity index is 2.20. The van der Waals surface area contributed by atoms with Crippen LogP contribution in [0.2, 0.25) is 0 Å². The molecule has 0 aliphatic rings. The molecule has 0 saturated carbocycles. The van der Waals surface area contributed by atoms with Gasteiger partial charge in [0.15, 0.2) is 5.82 Å². The van der Waals surface area contributed by atoms with Crippen LogP contribution in [0.1, 0.15) is 38.9 Å². The normalized spacial score (nSPS) is 13.5. The zero-order valence-electron chi connectivity index (χ0n) is 11.9. The number of hydrogen-bond acceptors (Lipinski definition) is 3. The minimum Gasteiger partial charge on any atom is -0.330 e. The molecule has 1 aromatic heterocycles. The van der Waals surface area contributed by atoms with Crippen molar-refractivity contribution in [2.75, 3.05) is 6.54 Å². The molecule has 0 aliphatic carbocycles. The van der Waals surface area contributed by atoms with Gasteiger partial charge in [-0.15, -0.1) is 0 Å². The van der Waals surface area contributed by atoms with E-state index in [0.29, 0.717) is 6.54 Å². The summed E-state index contributed by atoms with van der Waals surface area (Å²) in [5.41, 5.74) is 7.12. The number of H-pyrrole nitrogens is 1. The predicted molar refractivity (Wildman–Crippen MR) is 77.7 cm³/mol. The summed E-state index contributed by atoms with van der Waals surface area (Å²) in [5, 5.41) is 7.33. The van der Waals surface area contributed by atoms with Crippen molar-refractivity contribution in [2.45, 2.75) is 33.1 Å². The van der Waals surface area contributed by atoms with E-state index in [4.69, 9.17) is 5.73 Å². The summed E-state index contributed by atoms with van der Waals surface area (Å²) >= 11 is 0. The molecule has 3 N–H and O–H groups in total. The van der Waals surface area contributed by atoms with Gasteiger partial charge in [0.05, 0.1) is 0 Å². The second-order valence-corrected chi connectivity index (χ2v) is 6.11. The fourth-order valence-electron chi connectivity index (χ4n) is 2.20. The molecular formula is C15H22N4. The first-order valence-electron chi connectivity index (χ1n) is 6.67. The van der Waals surface area contributed by atoms with Crippen LogP contribution in [0.4, 0.5) is 0 Å². The summed E-state index contributed by atoms with van der Waals surface area (Å²) in [6.07, 6.45) is 0.993. The highest BCUT2D eigenvalue weighted by atomic mass is 15.2. The molecule has 0 radical (unpaired) electrons. The van der Waals surface area contributed by atoms with Crippen molar-refractivity contribution >= 4 is 0 Å². The summed E-state index contributed by atoms with van der Waals surface area (Å²) in [5.74, 6) is 1.85. The second-order valence-electron chi connectivity index (χ2n) is 6.11. The lowest BCUT2D eigenvalue weighted by atomic mass is 9.84. The van der Waals surface area contributed by atoms with Crippen LogP contribution in [-0.2, 0) is 0 Å². The van der Waals surface area contributed by atoms with Crippen LogP contribution in [0.5, 0.6) is 0 Å². The first kappa shape index (κ1) is 13.7. The van der Waals surface area contributed by atoms with E-state index in [-0.39, 0.29) is 11.3 Å². The third-order valence-electron chi connectivity index (χ3n) is 3.06. The van der Waals surface area contributed by atoms with Crippen molar-refractivity contribution in [1.29, 1.82) is 0 Å². The molecule has 4 nitrogen and oxygen atoms in total. The summed E-state index contributed by atoms with van der Waals surface area (Å²) in [6.45, 7) is 7.22. The van der Waals surface area contributed by atoms with Crippen LogP contribution >= 0.6 is 0 Å². The molecule has 0 fully saturated rings. The Morgan fingerprint density at radius 2 is 1.89 bits per heavy atom. The topological polar surface area (TPSA) is 67.6 Å². The van der Waals surface area contributed by atoms with Gasteiger partial charge in [0.25, 0.3) is 0 Å². The van der Waals surface area contributed by atoms with Crippen molar-refractivity contribution in [1.82, 2.24) is 15.2 Å². The monoisotopic (exact) mass is 258 g/mol. The lowest BCUT2D eigenvalue weighted by Gasteiger charge is -2.23. The molecule has 0 aliphatic heterocycles. The predicted octanol–water partition coefficient (Wildman–Crippen LogP) is 2.95. The third-order valence-corrected chi connectivity index (χ3v) is 3.06. The quantitative estimate of drug-likeness (QED) is 0.886. The number of aromatic amines is 1. The Morgan fingerprint density at radius 1 is 1.21 bits per heavy atom. The highest BCUT2D eigenvalue weighted by Gasteiger charge is 2.22. The van der Waals surface area contributed by atoms with Crippen LogP contribution in [-0.4, -0.2) is 21.7 Å². The highest BCUT2D eigenvalue weighted by molar-refractivity contribution is 5.53. The van der Waals surface area contributed by atoms with Crippen molar-refractivity contribution < 1.29 is 0 Å². The Hall–Kier alpha value is -1.68. The summed E-state index contributed by atoms with van der Waals surface area (Å²) in [4.78, 5) is 4.59. The van der Waals surface area contributed by atoms with E-state index in [0.717, 1.165) is 23.6 Å². The van der Waals surface area contributed by atoms with Crippen molar-refractivity contribution in [3.8, 4) is 11.4 Å². The first-order chi connectivity index (χ1) is 8.99. The Bertz CT molecular complexity index is 510. The molecular weight excluding hydrogens is 236 g/mol. The minimum atomic E-state index is 0.226. The first-order valence-corrected chi connectivity index (χ1v) is 6.67. The Morgan fingerprint density at radius 3 is 2.47 bits per heavy atom. The average Bonchev–Trinajstić information content (AvgIpc) is 2.85. The van der Waals surface area contributed by atoms with Gasteiger partial charge in [-0.25, -0.2) is 4.98 Å². The number of rotatable bonds is 4. The van der Waals surface area contributed by atoms with Gasteiger partial charge >= 0.3 is 0 Å². The molecule has 1 atom stereocenters. The van der Waals surface area contributed by atoms with E-state index in [1.807, 2.05) is 30.3 Å². The van der Waals surface area contributed by atoms with E-state index in [1.54, 1.807) is 0 Å². The zero-order chi connectivity index (χ0) is 13.9. The number of aromatic nitrogens is 3. The van der Waals surface area contributed by atoms with Gasteiger partial charge in [0, 0.05) is 18.0 Å². The van der Waals surface area contributed by atoms with E-state index in [9.17, 15) is 0 Å². The Kier molecular flexibility index (Phi) is 4.00. The molecule has 2 rings (SSSR count). The molecule has 0 bridgehead atoms. The van der Waals surface area contributed by atoms with E-state index in [2.05, 4.69) is 36.0 Å². The molecule has 102 valence electrons. The summed E-state index contributed by atoms with van der Waals surface area (Å²) in [6, 6.07) is 9.98. The van der Waals surface area contributed by atoms with Gasteiger partial charge < -0.3 is 5.73 Å². The lowest BCUT2D eigenvalue weighted by molar-refractivity contribution is 0.336. The highest BCUT2D eigenvalue weighted by Crippen LogP contribution is 2.29. The van der Waals surface area contributed by atoms with Gasteiger partial charge in [-0.05, 0) is 11.8 Å². The molecule has 1 aromatic carbocycles. The lowest BCUT2D eigenvalue weighted by Crippen LogP contribution is -2.20. The number of nitrogens with two attached hydrogens (primary N) is 1. The van der Waals surface area contributed by atoms with Crippen LogP contribution in [0.3, 0.4) is 0 Å². The number of nitrogens with one attached hydrogen (secondary N) is 1. The van der Waals surface area contributed by atoms with Gasteiger partial charge in [-0.3, -0.25) is 5.10 Å². The Labute approximate surface area is 114 Å². The van der Waals surface area contributed by atoms with Gasteiger partial charge in [0.2, 0.25) is 0 Å². The van der Waals surface area contributed by atoms with Crippen LogP contribution < -0.4 is 5.73 Å². The van der Waals surface area contributed by atoms with Crippen LogP contribution in [0.15, 0.2) is 30.3 Å². The zero-order valence-corrected chi connectivity index (χ0v) is 11.9. The van der Waals surface area contributed by atoms with Gasteiger partial charge in [-0.2, -0.15) is 5.10 Å². The van der Waals surface area contributed by atoms with Crippen LogP contribution in [0, 0.1) is 5.41 Å². The van der Waals surface area contributed by atoms with E-state index < -0.39 is 0 Å². The maximum Gasteiger partial charge on any atom is 0.181 e. The maximum atomic E-state index is 5.87. The second kappa shape index (κ2) is 5.53. The molecule has 0 spiro atoms. The van der Waals surface area contributed by atoms with Gasteiger partial charge in [0.1, 0.15) is 5.82 Å². The maximum absolute atomic E-state index is 5.87. The van der Waals surface area contributed by atoms with Crippen molar-refractivity contribution in [3.63, 3.8) is 0 Å². The molecule has 2 aromatic rings. The molecule has 0 amide bonds. The fourth-order valence-corrected chi connectivity index (χ4v) is 2.20. The standard InChI is InChI=1S/C15H22N4/c1-15(2,3)9-12(10-16)14-17-13(18-19-14)11-7-5-4-6-8-11/h4-8,12H,9-10,16H2,1-3H3,(H,17,18,19). The van der Waals surface area contributed by atoms with Crippen molar-refractivity contribution in [3.05, 3.63) is 36.2 Å². The minimum absolute atomic E-state index is 0.226. The molecule has 19 heavy (non-hydrogen) atoms. The molecule has 1 unspecified atom stereocenters. The fraction of sp³-hybridized carbons (Fsp3) is 0.467. The number of hydrogen-bond donors (Lipinski definition) is 2. The van der Waals surface area contributed by atoms with Crippen molar-refractivity contribution in [2.24, 2.45) is 11.1 Å². The molecule has 1 heterocycles. The molecule has 4 heteroatoms. The van der Waals surface area contributed by atoms with Crippen LogP contribution in [0.25, 0.3) is 11.4 Å². The van der Waals surface area contributed by atoms with Gasteiger partial charge in [-0.1, -0.05) is 51.1 Å². The SMILES string of the molecule is CC(C)(C)CC(CN)c1nc(-c2ccccc2)n[nH]1. The average molecular weight is 258 g/mol. The largest absolute Gasteiger partial charge is 0.330 e. The number of nitrogens with zero attached hydrogens (tertiary/aromatic N) is 2. The molecule has 0 saturated heterocycles. The van der Waals surface area contributed by atoms with E-state index in [1.165, 1.54) is 0 Å². The number of benzene rings is 1. The summed E-state index contributed by atoms with van der Waals surface area (Å²) in [7, 11) is 0. The third kappa shape index (κ3) is 3.64.